The Hall–Kier alpha value is -1.91. The minimum Gasteiger partial charge on any atom is -0.338 e. The van der Waals surface area contributed by atoms with E-state index in [1.165, 1.54) is 17.7 Å². The molecule has 20 heavy (non-hydrogen) atoms. The maximum absolute atomic E-state index is 12.9. The molecule has 1 fully saturated rings. The van der Waals surface area contributed by atoms with Crippen LogP contribution in [0, 0.1) is 5.82 Å². The highest BCUT2D eigenvalue weighted by atomic mass is 19.1. The second-order valence-corrected chi connectivity index (χ2v) is 5.22. The molecule has 0 amide bonds. The molecule has 0 aliphatic carbocycles. The lowest BCUT2D eigenvalue weighted by Crippen LogP contribution is -2.20. The molecule has 0 spiro atoms. The first-order valence-electron chi connectivity index (χ1n) is 7.09. The average molecular weight is 275 g/mol. The summed E-state index contributed by atoms with van der Waals surface area (Å²) in [6, 6.07) is 6.77. The first kappa shape index (κ1) is 13.1. The number of aryl methyl sites for hydroxylation is 1. The Bertz CT molecular complexity index is 567. The molecular formula is C15H18FN3O. The molecule has 1 atom stereocenters. The van der Waals surface area contributed by atoms with Gasteiger partial charge in [-0.15, -0.1) is 0 Å². The van der Waals surface area contributed by atoms with Crippen LogP contribution in [0.3, 0.4) is 0 Å². The normalized spacial score (nSPS) is 18.7. The van der Waals surface area contributed by atoms with Crippen molar-refractivity contribution in [3.8, 4) is 0 Å². The second kappa shape index (κ2) is 5.61. The first-order valence-corrected chi connectivity index (χ1v) is 7.09. The third kappa shape index (κ3) is 2.66. The van der Waals surface area contributed by atoms with Crippen molar-refractivity contribution in [3.63, 3.8) is 0 Å². The van der Waals surface area contributed by atoms with E-state index in [9.17, 15) is 4.39 Å². The zero-order valence-corrected chi connectivity index (χ0v) is 11.6. The molecule has 1 aromatic carbocycles. The van der Waals surface area contributed by atoms with Crippen molar-refractivity contribution < 1.29 is 8.91 Å². The Morgan fingerprint density at radius 2 is 2.15 bits per heavy atom. The van der Waals surface area contributed by atoms with Crippen molar-refractivity contribution in [2.24, 2.45) is 0 Å². The Labute approximate surface area is 117 Å². The highest BCUT2D eigenvalue weighted by molar-refractivity contribution is 5.34. The van der Waals surface area contributed by atoms with Gasteiger partial charge in [0.15, 0.2) is 0 Å². The van der Waals surface area contributed by atoms with E-state index < -0.39 is 0 Å². The van der Waals surface area contributed by atoms with E-state index in [0.29, 0.717) is 17.8 Å². The highest BCUT2D eigenvalue weighted by Crippen LogP contribution is 2.29. The monoisotopic (exact) mass is 275 g/mol. The Morgan fingerprint density at radius 1 is 1.35 bits per heavy atom. The standard InChI is InChI=1S/C15H18FN3O/c1-2-3-14-17-15(18-20-14)19-9-8-12(10-19)11-4-6-13(16)7-5-11/h4-7,12H,2-3,8-10H2,1H3/t12-/m0/s1. The molecule has 3 rings (SSSR count). The molecule has 4 nitrogen and oxygen atoms in total. The average Bonchev–Trinajstić information content (AvgIpc) is 3.08. The Balaban J connectivity index is 1.68. The first-order chi connectivity index (χ1) is 9.76. The topological polar surface area (TPSA) is 42.2 Å². The molecule has 1 aliphatic rings. The summed E-state index contributed by atoms with van der Waals surface area (Å²) in [5, 5.41) is 4.04. The van der Waals surface area contributed by atoms with E-state index in [-0.39, 0.29) is 5.82 Å². The summed E-state index contributed by atoms with van der Waals surface area (Å²) in [6.45, 7) is 3.86. The van der Waals surface area contributed by atoms with Gasteiger partial charge in [0.05, 0.1) is 0 Å². The zero-order valence-electron chi connectivity index (χ0n) is 11.6. The van der Waals surface area contributed by atoms with Gasteiger partial charge in [-0.2, -0.15) is 4.98 Å². The van der Waals surface area contributed by atoms with Crippen LogP contribution in [0.15, 0.2) is 28.8 Å². The van der Waals surface area contributed by atoms with Gasteiger partial charge in [0.1, 0.15) is 5.82 Å². The second-order valence-electron chi connectivity index (χ2n) is 5.22. The molecule has 5 heteroatoms. The number of hydrogen-bond donors (Lipinski definition) is 0. The van der Waals surface area contributed by atoms with Gasteiger partial charge >= 0.3 is 0 Å². The van der Waals surface area contributed by atoms with Crippen LogP contribution in [0.5, 0.6) is 0 Å². The molecule has 0 unspecified atom stereocenters. The SMILES string of the molecule is CCCc1nc(N2CC[C@H](c3ccc(F)cc3)C2)no1. The largest absolute Gasteiger partial charge is 0.338 e. The van der Waals surface area contributed by atoms with E-state index in [0.717, 1.165) is 32.4 Å². The molecule has 106 valence electrons. The minimum absolute atomic E-state index is 0.189. The highest BCUT2D eigenvalue weighted by Gasteiger charge is 2.26. The van der Waals surface area contributed by atoms with E-state index in [4.69, 9.17) is 4.52 Å². The fraction of sp³-hybridized carbons (Fsp3) is 0.467. The molecule has 0 radical (unpaired) electrons. The number of nitrogens with zero attached hydrogens (tertiary/aromatic N) is 3. The fourth-order valence-corrected chi connectivity index (χ4v) is 2.64. The molecule has 1 aromatic heterocycles. The molecule has 0 saturated carbocycles. The lowest BCUT2D eigenvalue weighted by atomic mass is 9.99. The van der Waals surface area contributed by atoms with Crippen LogP contribution in [0.25, 0.3) is 0 Å². The lowest BCUT2D eigenvalue weighted by Gasteiger charge is -2.13. The van der Waals surface area contributed by atoms with Crippen LogP contribution in [-0.4, -0.2) is 23.2 Å². The molecule has 0 N–H and O–H groups in total. The molecular weight excluding hydrogens is 257 g/mol. The van der Waals surface area contributed by atoms with Crippen LogP contribution in [0.2, 0.25) is 0 Å². The van der Waals surface area contributed by atoms with E-state index >= 15 is 0 Å². The van der Waals surface area contributed by atoms with Gasteiger partial charge in [0.25, 0.3) is 5.95 Å². The molecule has 1 aliphatic heterocycles. The summed E-state index contributed by atoms with van der Waals surface area (Å²) in [7, 11) is 0. The number of hydrogen-bond acceptors (Lipinski definition) is 4. The molecule has 1 saturated heterocycles. The third-order valence-electron chi connectivity index (χ3n) is 3.73. The van der Waals surface area contributed by atoms with Crippen LogP contribution < -0.4 is 4.90 Å². The van der Waals surface area contributed by atoms with Crippen molar-refractivity contribution in [1.82, 2.24) is 10.1 Å². The van der Waals surface area contributed by atoms with Crippen LogP contribution in [0.4, 0.5) is 10.3 Å². The van der Waals surface area contributed by atoms with Crippen molar-refractivity contribution in [3.05, 3.63) is 41.5 Å². The van der Waals surface area contributed by atoms with Crippen LogP contribution in [-0.2, 0) is 6.42 Å². The fourth-order valence-electron chi connectivity index (χ4n) is 2.64. The number of anilines is 1. The van der Waals surface area contributed by atoms with Gasteiger partial charge in [0.2, 0.25) is 5.89 Å². The third-order valence-corrected chi connectivity index (χ3v) is 3.73. The number of rotatable bonds is 4. The Morgan fingerprint density at radius 3 is 2.90 bits per heavy atom. The minimum atomic E-state index is -0.189. The zero-order chi connectivity index (χ0) is 13.9. The predicted molar refractivity (Wildman–Crippen MR) is 74.3 cm³/mol. The van der Waals surface area contributed by atoms with E-state index in [1.807, 2.05) is 12.1 Å². The van der Waals surface area contributed by atoms with Gasteiger partial charge in [0, 0.05) is 25.4 Å². The van der Waals surface area contributed by atoms with E-state index in [2.05, 4.69) is 22.0 Å². The maximum atomic E-state index is 12.9. The maximum Gasteiger partial charge on any atom is 0.266 e. The molecule has 2 aromatic rings. The van der Waals surface area contributed by atoms with E-state index in [1.54, 1.807) is 0 Å². The molecule has 0 bridgehead atoms. The number of aromatic nitrogens is 2. The summed E-state index contributed by atoms with van der Waals surface area (Å²) >= 11 is 0. The summed E-state index contributed by atoms with van der Waals surface area (Å²) in [6.07, 6.45) is 2.85. The summed E-state index contributed by atoms with van der Waals surface area (Å²) in [4.78, 5) is 6.55. The van der Waals surface area contributed by atoms with Gasteiger partial charge in [-0.3, -0.25) is 0 Å². The van der Waals surface area contributed by atoms with Gasteiger partial charge in [-0.25, -0.2) is 4.39 Å². The van der Waals surface area contributed by atoms with Gasteiger partial charge in [-0.1, -0.05) is 19.1 Å². The number of benzene rings is 1. The number of halogens is 1. The summed E-state index contributed by atoms with van der Waals surface area (Å²) < 4.78 is 18.2. The molecule has 2 heterocycles. The lowest BCUT2D eigenvalue weighted by molar-refractivity contribution is 0.376. The quantitative estimate of drug-likeness (QED) is 0.859. The van der Waals surface area contributed by atoms with Crippen LogP contribution in [0.1, 0.15) is 37.1 Å². The van der Waals surface area contributed by atoms with Crippen molar-refractivity contribution in [1.29, 1.82) is 0 Å². The Kier molecular flexibility index (Phi) is 3.67. The summed E-state index contributed by atoms with van der Waals surface area (Å²) in [5.74, 6) is 1.60. The van der Waals surface area contributed by atoms with Gasteiger partial charge in [-0.05, 0) is 35.7 Å². The van der Waals surface area contributed by atoms with Crippen molar-refractivity contribution in [2.45, 2.75) is 32.1 Å². The van der Waals surface area contributed by atoms with Crippen LogP contribution >= 0.6 is 0 Å². The summed E-state index contributed by atoms with van der Waals surface area (Å²) in [5.41, 5.74) is 1.17. The van der Waals surface area contributed by atoms with Crippen molar-refractivity contribution in [2.75, 3.05) is 18.0 Å². The predicted octanol–water partition coefficient (Wildman–Crippen LogP) is 3.16. The van der Waals surface area contributed by atoms with Gasteiger partial charge < -0.3 is 9.42 Å². The smallest absolute Gasteiger partial charge is 0.266 e. The van der Waals surface area contributed by atoms with Crippen molar-refractivity contribution >= 4 is 5.95 Å².